The Morgan fingerprint density at radius 3 is 2.61 bits per heavy atom. The maximum Gasteiger partial charge on any atom is 0.301 e. The minimum Gasteiger partial charge on any atom is -0.507 e. The Morgan fingerprint density at radius 1 is 1.02 bits per heavy atom. The van der Waals surface area contributed by atoms with Crippen LogP contribution in [0.4, 0.5) is 5.13 Å². The van der Waals surface area contributed by atoms with Crippen molar-refractivity contribution < 1.29 is 33.6 Å². The number of aliphatic hydroxyl groups is 1. The smallest absolute Gasteiger partial charge is 0.301 e. The summed E-state index contributed by atoms with van der Waals surface area (Å²) in [6.07, 6.45) is 0.802. The molecule has 0 saturated carbocycles. The number of hydrogen-bond acceptors (Lipinski definition) is 11. The zero-order chi connectivity index (χ0) is 32.2. The molecule has 1 fully saturated rings. The lowest BCUT2D eigenvalue weighted by molar-refractivity contribution is -0.132. The molecule has 1 atom stereocenters. The van der Waals surface area contributed by atoms with E-state index in [9.17, 15) is 14.7 Å². The van der Waals surface area contributed by atoms with Gasteiger partial charge in [0.25, 0.3) is 5.78 Å². The lowest BCUT2D eigenvalue weighted by Crippen LogP contribution is -2.29. The zero-order valence-corrected chi connectivity index (χ0v) is 27.4. The zero-order valence-electron chi connectivity index (χ0n) is 25.0. The maximum atomic E-state index is 13.8. The van der Waals surface area contributed by atoms with Crippen molar-refractivity contribution in [3.05, 3.63) is 87.9 Å². The van der Waals surface area contributed by atoms with E-state index >= 15 is 0 Å². The van der Waals surface area contributed by atoms with Gasteiger partial charge in [-0.3, -0.25) is 14.5 Å². The van der Waals surface area contributed by atoms with Gasteiger partial charge in [0.1, 0.15) is 19.0 Å². The fraction of sp³-hybridized carbons (Fsp3) is 0.273. The predicted octanol–water partition coefficient (Wildman–Crippen LogP) is 7.07. The summed E-state index contributed by atoms with van der Waals surface area (Å²) in [6.45, 7) is 5.47. The highest BCUT2D eigenvalue weighted by Crippen LogP contribution is 2.46. The fourth-order valence-electron chi connectivity index (χ4n) is 5.10. The van der Waals surface area contributed by atoms with Crippen molar-refractivity contribution in [3.8, 4) is 23.0 Å². The average molecular weight is 680 g/mol. The quantitative estimate of drug-likeness (QED) is 0.0579. The molecule has 6 rings (SSSR count). The molecule has 1 amide bonds. The number of carbonyl (C=O) groups excluding carboxylic acids is 2. The van der Waals surface area contributed by atoms with E-state index in [-0.39, 0.29) is 16.5 Å². The highest BCUT2D eigenvalue weighted by atomic mass is 35.5. The number of ketones is 1. The van der Waals surface area contributed by atoms with Crippen molar-refractivity contribution in [2.45, 2.75) is 36.4 Å². The molecule has 1 aromatic heterocycles. The van der Waals surface area contributed by atoms with Gasteiger partial charge in [-0.1, -0.05) is 65.9 Å². The Balaban J connectivity index is 1.43. The molecule has 1 N–H and O–H groups in total. The molecule has 1 saturated heterocycles. The molecular formula is C33H30ClN3O7S2. The van der Waals surface area contributed by atoms with Crippen LogP contribution in [0.25, 0.3) is 5.76 Å². The summed E-state index contributed by atoms with van der Waals surface area (Å²) >= 11 is 8.92. The van der Waals surface area contributed by atoms with Crippen LogP contribution in [0.15, 0.2) is 70.6 Å². The number of hydrogen-bond donors (Lipinski definition) is 1. The largest absolute Gasteiger partial charge is 0.507 e. The standard InChI is InChI=1S/C33H30ClN3O7S2/c1-3-13-42-23-11-9-19(16-25(23)41-4-2)28-27(29(38)20-10-12-24-26(17-20)44-15-14-43-24)30(39)31(40)37(28)32-35-36-33(46-32)45-18-21-7-5-6-8-22(21)34/h5-12,16-17,28,38H,3-4,13-15,18H2,1-2H3/b29-27+. The molecule has 0 radical (unpaired) electrons. The van der Waals surface area contributed by atoms with E-state index < -0.39 is 17.7 Å². The summed E-state index contributed by atoms with van der Waals surface area (Å²) in [5.74, 6) is 0.426. The second kappa shape index (κ2) is 14.0. The highest BCUT2D eigenvalue weighted by molar-refractivity contribution is 8.00. The van der Waals surface area contributed by atoms with Crippen LogP contribution in [-0.4, -0.2) is 53.4 Å². The lowest BCUT2D eigenvalue weighted by atomic mass is 9.95. The second-order valence-corrected chi connectivity index (χ2v) is 12.8. The third-order valence-corrected chi connectivity index (χ3v) is 9.69. The van der Waals surface area contributed by atoms with Gasteiger partial charge in [-0.25, -0.2) is 0 Å². The number of nitrogens with zero attached hydrogens (tertiary/aromatic N) is 3. The molecule has 238 valence electrons. The molecule has 4 aromatic rings. The Bertz CT molecular complexity index is 1810. The van der Waals surface area contributed by atoms with E-state index in [1.165, 1.54) is 28.0 Å². The monoisotopic (exact) mass is 679 g/mol. The number of ether oxygens (including phenoxy) is 4. The normalized spacial score (nSPS) is 16.9. The van der Waals surface area contributed by atoms with E-state index in [2.05, 4.69) is 10.2 Å². The van der Waals surface area contributed by atoms with Gasteiger partial charge in [0.2, 0.25) is 5.13 Å². The number of fused-ring (bicyclic) bond motifs is 1. The summed E-state index contributed by atoms with van der Waals surface area (Å²) in [5.41, 5.74) is 1.64. The van der Waals surface area contributed by atoms with Crippen molar-refractivity contribution in [2.24, 2.45) is 0 Å². The van der Waals surface area contributed by atoms with Crippen molar-refractivity contribution in [2.75, 3.05) is 31.3 Å². The number of aliphatic hydroxyl groups excluding tert-OH is 1. The van der Waals surface area contributed by atoms with Crippen LogP contribution >= 0.6 is 34.7 Å². The summed E-state index contributed by atoms with van der Waals surface area (Å²) in [4.78, 5) is 28.8. The first-order valence-electron chi connectivity index (χ1n) is 14.7. The number of carbonyl (C=O) groups is 2. The van der Waals surface area contributed by atoms with E-state index in [0.717, 1.165) is 12.0 Å². The van der Waals surface area contributed by atoms with Crippen LogP contribution in [0.1, 0.15) is 43.0 Å². The first kappa shape index (κ1) is 31.7. The van der Waals surface area contributed by atoms with Crippen LogP contribution in [0.2, 0.25) is 5.02 Å². The predicted molar refractivity (Wildman–Crippen MR) is 177 cm³/mol. The number of aromatic nitrogens is 2. The number of amides is 1. The molecule has 0 spiro atoms. The third-order valence-electron chi connectivity index (χ3n) is 7.22. The topological polar surface area (TPSA) is 120 Å². The Kier molecular flexibility index (Phi) is 9.67. The second-order valence-electron chi connectivity index (χ2n) is 10.2. The minimum absolute atomic E-state index is 0.105. The molecule has 2 aliphatic heterocycles. The Morgan fingerprint density at radius 2 is 1.83 bits per heavy atom. The number of thioether (sulfide) groups is 1. The van der Waals surface area contributed by atoms with E-state index in [4.69, 9.17) is 30.5 Å². The molecule has 1 unspecified atom stereocenters. The lowest BCUT2D eigenvalue weighted by Gasteiger charge is -2.24. The van der Waals surface area contributed by atoms with Gasteiger partial charge in [0.15, 0.2) is 27.3 Å². The van der Waals surface area contributed by atoms with Crippen LogP contribution in [0.5, 0.6) is 23.0 Å². The Hall–Kier alpha value is -4.26. The molecule has 3 heterocycles. The van der Waals surface area contributed by atoms with Crippen molar-refractivity contribution in [1.29, 1.82) is 0 Å². The van der Waals surface area contributed by atoms with E-state index in [0.29, 0.717) is 75.7 Å². The van der Waals surface area contributed by atoms with Gasteiger partial charge < -0.3 is 24.1 Å². The first-order valence-corrected chi connectivity index (χ1v) is 16.9. The summed E-state index contributed by atoms with van der Waals surface area (Å²) in [5, 5.41) is 21.1. The fourth-order valence-corrected chi connectivity index (χ4v) is 7.25. The minimum atomic E-state index is -1.04. The van der Waals surface area contributed by atoms with Crippen molar-refractivity contribution in [1.82, 2.24) is 10.2 Å². The van der Waals surface area contributed by atoms with Crippen LogP contribution in [0.3, 0.4) is 0 Å². The van der Waals surface area contributed by atoms with Gasteiger partial charge in [0, 0.05) is 16.3 Å². The van der Waals surface area contributed by atoms with Crippen molar-refractivity contribution in [3.63, 3.8) is 0 Å². The summed E-state index contributed by atoms with van der Waals surface area (Å²) in [7, 11) is 0. The number of benzene rings is 3. The molecule has 10 nitrogen and oxygen atoms in total. The highest BCUT2D eigenvalue weighted by Gasteiger charge is 2.48. The molecule has 2 aliphatic rings. The van der Waals surface area contributed by atoms with Gasteiger partial charge in [0.05, 0.1) is 24.8 Å². The number of anilines is 1. The summed E-state index contributed by atoms with van der Waals surface area (Å²) < 4.78 is 23.7. The van der Waals surface area contributed by atoms with E-state index in [1.54, 1.807) is 36.4 Å². The Labute approximate surface area is 278 Å². The number of halogens is 1. The average Bonchev–Trinajstić information content (AvgIpc) is 3.64. The molecule has 0 bridgehead atoms. The molecule has 46 heavy (non-hydrogen) atoms. The molecular weight excluding hydrogens is 650 g/mol. The molecule has 3 aromatic carbocycles. The SMILES string of the molecule is CCCOc1ccc(C2/C(=C(\O)c3ccc4c(c3)OCCO4)C(=O)C(=O)N2c2nnc(SCc3ccccc3Cl)s2)cc1OCC. The van der Waals surface area contributed by atoms with Gasteiger partial charge >= 0.3 is 5.91 Å². The van der Waals surface area contributed by atoms with Crippen LogP contribution in [-0.2, 0) is 15.3 Å². The van der Waals surface area contributed by atoms with Crippen LogP contribution in [0, 0.1) is 0 Å². The van der Waals surface area contributed by atoms with Gasteiger partial charge in [-0.05, 0) is 60.9 Å². The van der Waals surface area contributed by atoms with Crippen molar-refractivity contribution >= 4 is 57.3 Å². The summed E-state index contributed by atoms with van der Waals surface area (Å²) in [6, 6.07) is 16.6. The maximum absolute atomic E-state index is 13.8. The number of Topliss-reactive ketones (excluding diaryl/α,β-unsaturated/α-hetero) is 1. The van der Waals surface area contributed by atoms with E-state index in [1.807, 2.05) is 38.1 Å². The van der Waals surface area contributed by atoms with Gasteiger partial charge in [-0.2, -0.15) is 0 Å². The van der Waals surface area contributed by atoms with Gasteiger partial charge in [-0.15, -0.1) is 10.2 Å². The third kappa shape index (κ3) is 6.37. The first-order chi connectivity index (χ1) is 22.4. The van der Waals surface area contributed by atoms with Crippen LogP contribution < -0.4 is 23.8 Å². The number of rotatable bonds is 11. The molecule has 13 heteroatoms. The molecule has 0 aliphatic carbocycles.